The lowest BCUT2D eigenvalue weighted by molar-refractivity contribution is -0.156. The second-order valence-corrected chi connectivity index (χ2v) is 18.2. The van der Waals surface area contributed by atoms with E-state index >= 15 is 0 Å². The van der Waals surface area contributed by atoms with E-state index in [0.29, 0.717) is 27.8 Å². The number of carbonyl (C=O) groups excluding carboxylic acids is 2. The molecule has 5 aromatic rings. The number of benzene rings is 5. The van der Waals surface area contributed by atoms with Gasteiger partial charge in [-0.15, -0.1) is 0 Å². The number of aryl methyl sites for hydroxylation is 1. The van der Waals surface area contributed by atoms with E-state index in [2.05, 4.69) is 42.7 Å². The van der Waals surface area contributed by atoms with Gasteiger partial charge in [-0.25, -0.2) is 9.59 Å². The molecule has 0 saturated heterocycles. The Hall–Kier alpha value is -7.32. The van der Waals surface area contributed by atoms with E-state index < -0.39 is 47.2 Å². The van der Waals surface area contributed by atoms with Gasteiger partial charge in [0.1, 0.15) is 0 Å². The van der Waals surface area contributed by atoms with Gasteiger partial charge in [-0.05, 0) is 120 Å². The third kappa shape index (κ3) is 19.7. The van der Waals surface area contributed by atoms with E-state index in [1.165, 1.54) is 94.0 Å². The highest BCUT2D eigenvalue weighted by molar-refractivity contribution is 6.31. The summed E-state index contributed by atoms with van der Waals surface area (Å²) in [5, 5.41) is 18.4. The minimum absolute atomic E-state index is 0.0151. The number of carbonyl (C=O) groups is 4. The van der Waals surface area contributed by atoms with Crippen molar-refractivity contribution in [2.45, 2.75) is 129 Å². The van der Waals surface area contributed by atoms with Crippen LogP contribution >= 0.6 is 0 Å². The fraction of sp³-hybridized carbons (Fsp3) is 0.356. The Morgan fingerprint density at radius 1 is 0.521 bits per heavy atom. The minimum atomic E-state index is -4.48. The second-order valence-electron chi connectivity index (χ2n) is 18.2. The Morgan fingerprint density at radius 2 is 0.973 bits per heavy atom. The largest absolute Gasteiger partial charge is 0.474 e. The van der Waals surface area contributed by atoms with Crippen LogP contribution in [0, 0.1) is 29.6 Å². The molecule has 0 spiro atoms. The van der Waals surface area contributed by atoms with Crippen LogP contribution in [0.4, 0.5) is 26.3 Å². The monoisotopic (exact) mass is 1010 g/mol. The molecular weight excluding hydrogens is 947 g/mol. The Morgan fingerprint density at radius 3 is 1.45 bits per heavy atom. The number of unbranched alkanes of at least 4 members (excludes halogenated alkanes) is 4. The zero-order valence-corrected chi connectivity index (χ0v) is 40.8. The van der Waals surface area contributed by atoms with Crippen molar-refractivity contribution in [3.63, 3.8) is 0 Å². The molecule has 6 rings (SSSR count). The predicted molar refractivity (Wildman–Crippen MR) is 267 cm³/mol. The molecule has 0 aliphatic heterocycles. The van der Waals surface area contributed by atoms with Crippen LogP contribution < -0.4 is 0 Å². The van der Waals surface area contributed by atoms with Gasteiger partial charge in [0.15, 0.2) is 0 Å². The third-order valence-corrected chi connectivity index (χ3v) is 12.4. The molecular formula is C59H60F6N2O6. The highest BCUT2D eigenvalue weighted by Gasteiger charge is 2.31. The summed E-state index contributed by atoms with van der Waals surface area (Å²) in [5.41, 5.74) is 4.22. The summed E-state index contributed by atoms with van der Waals surface area (Å²) >= 11 is 0. The summed E-state index contributed by atoms with van der Waals surface area (Å²) in [7, 11) is 0. The third-order valence-electron chi connectivity index (χ3n) is 12.4. The van der Waals surface area contributed by atoms with E-state index in [4.69, 9.17) is 5.11 Å². The highest BCUT2D eigenvalue weighted by atomic mass is 19.4. The maximum absolute atomic E-state index is 12.8. The summed E-state index contributed by atoms with van der Waals surface area (Å²) < 4.78 is 76.9. The molecule has 0 atom stereocenters. The zero-order valence-electron chi connectivity index (χ0n) is 40.8. The van der Waals surface area contributed by atoms with Crippen LogP contribution in [0.15, 0.2) is 121 Å². The molecule has 0 bridgehead atoms. The average Bonchev–Trinajstić information content (AvgIpc) is 3.37. The standard InChI is InChI=1S/C31H30F3NO3.C28H30F3NO3/c1-2-3-4-5-7-23-10-12-24(13-11-23)14-15-25-8-6-9-27(20-25)22-35(29(36)30(37)38)21-26-16-18-28(19-17-26)31(32,33)34;29-28(30,31)25-17-15-24(16-18-25)20-32(26(33)27(34)35)19-23-13-11-22(12-14-23)10-6-2-5-9-21-7-3-1-4-8-21/h6,8-13,16-20H,2-5,7,21-22H2,1H3,(H,37,38);11-18,21H,1-5,7-9,19-20H2,(H,34,35). The van der Waals surface area contributed by atoms with Crippen molar-refractivity contribution >= 4 is 23.8 Å². The number of carboxylic acids is 2. The fourth-order valence-corrected chi connectivity index (χ4v) is 8.36. The Balaban J connectivity index is 0.000000272. The maximum atomic E-state index is 12.8. The number of nitrogens with zero attached hydrogens (tertiary/aromatic N) is 2. The van der Waals surface area contributed by atoms with Crippen LogP contribution in [0.3, 0.4) is 0 Å². The first kappa shape index (κ1) is 56.6. The molecule has 384 valence electrons. The molecule has 0 radical (unpaired) electrons. The molecule has 1 fully saturated rings. The number of rotatable bonds is 16. The van der Waals surface area contributed by atoms with Crippen molar-refractivity contribution in [2.75, 3.05) is 0 Å². The molecule has 2 amide bonds. The molecule has 5 aromatic carbocycles. The number of alkyl halides is 6. The van der Waals surface area contributed by atoms with Crippen molar-refractivity contribution < 1.29 is 55.7 Å². The lowest BCUT2D eigenvalue weighted by Gasteiger charge is -2.21. The first-order chi connectivity index (χ1) is 34.9. The Bertz CT molecular complexity index is 2710. The lowest BCUT2D eigenvalue weighted by Crippen LogP contribution is -2.35. The van der Waals surface area contributed by atoms with Gasteiger partial charge in [-0.2, -0.15) is 26.3 Å². The maximum Gasteiger partial charge on any atom is 0.416 e. The molecule has 0 heterocycles. The summed E-state index contributed by atoms with van der Waals surface area (Å²) in [4.78, 5) is 49.3. The molecule has 8 nitrogen and oxygen atoms in total. The van der Waals surface area contributed by atoms with Crippen molar-refractivity contribution in [1.29, 1.82) is 0 Å². The van der Waals surface area contributed by atoms with Crippen LogP contribution in [0.2, 0.25) is 0 Å². The number of aliphatic carboxylic acids is 2. The predicted octanol–water partition coefficient (Wildman–Crippen LogP) is 13.3. The minimum Gasteiger partial charge on any atom is -0.474 e. The van der Waals surface area contributed by atoms with Gasteiger partial charge in [0, 0.05) is 49.3 Å². The molecule has 0 unspecified atom stereocenters. The smallest absolute Gasteiger partial charge is 0.416 e. The number of hydrogen-bond acceptors (Lipinski definition) is 4. The summed E-state index contributed by atoms with van der Waals surface area (Å²) in [6.45, 7) is 1.91. The Kier molecular flexibility index (Phi) is 21.8. The van der Waals surface area contributed by atoms with Gasteiger partial charge in [-0.3, -0.25) is 9.59 Å². The Labute approximate surface area is 423 Å². The van der Waals surface area contributed by atoms with Gasteiger partial charge in [0.2, 0.25) is 0 Å². The summed E-state index contributed by atoms with van der Waals surface area (Å²) in [5.74, 6) is 7.92. The van der Waals surface area contributed by atoms with E-state index in [0.717, 1.165) is 70.4 Å². The van der Waals surface area contributed by atoms with Crippen LogP contribution in [-0.2, 0) is 64.1 Å². The van der Waals surface area contributed by atoms with Crippen LogP contribution in [0.25, 0.3) is 0 Å². The fourth-order valence-electron chi connectivity index (χ4n) is 8.36. The summed E-state index contributed by atoms with van der Waals surface area (Å²) in [6.07, 6.45) is 6.91. The number of halogens is 6. The molecule has 1 aliphatic carbocycles. The number of hydrogen-bond donors (Lipinski definition) is 2. The first-order valence-corrected chi connectivity index (χ1v) is 24.5. The van der Waals surface area contributed by atoms with Gasteiger partial charge < -0.3 is 20.0 Å². The van der Waals surface area contributed by atoms with E-state index in [9.17, 15) is 50.6 Å². The normalized spacial score (nSPS) is 12.5. The highest BCUT2D eigenvalue weighted by Crippen LogP contribution is 2.31. The molecule has 14 heteroatoms. The van der Waals surface area contributed by atoms with Crippen LogP contribution in [-0.4, -0.2) is 43.8 Å². The van der Waals surface area contributed by atoms with Gasteiger partial charge in [-0.1, -0.05) is 143 Å². The molecule has 1 saturated carbocycles. The van der Waals surface area contributed by atoms with E-state index in [1.54, 1.807) is 30.3 Å². The van der Waals surface area contributed by atoms with Crippen LogP contribution in [0.5, 0.6) is 0 Å². The van der Waals surface area contributed by atoms with Crippen molar-refractivity contribution in [3.05, 3.63) is 177 Å². The van der Waals surface area contributed by atoms with E-state index in [-0.39, 0.29) is 26.2 Å². The molecule has 1 aliphatic rings. The SMILES string of the molecule is CCCCCCc1ccc(C#Cc2cccc(CN(Cc3ccc(C(F)(F)F)cc3)C(=O)C(=O)O)c2)cc1.O=C(O)C(=O)N(Cc1ccc(C#CCCCC2CCCCC2)cc1)Cc1ccc(C(F)(F)F)cc1. The molecule has 73 heavy (non-hydrogen) atoms. The summed E-state index contributed by atoms with van der Waals surface area (Å²) in [6, 6.07) is 31.1. The quantitative estimate of drug-likeness (QED) is 0.0440. The van der Waals surface area contributed by atoms with Crippen LogP contribution in [0.1, 0.15) is 140 Å². The molecule has 2 N–H and O–H groups in total. The van der Waals surface area contributed by atoms with Gasteiger partial charge in [0.25, 0.3) is 0 Å². The van der Waals surface area contributed by atoms with E-state index in [1.807, 2.05) is 30.3 Å². The van der Waals surface area contributed by atoms with Crippen molar-refractivity contribution in [3.8, 4) is 23.7 Å². The topological polar surface area (TPSA) is 115 Å². The van der Waals surface area contributed by atoms with Gasteiger partial charge >= 0.3 is 36.1 Å². The lowest BCUT2D eigenvalue weighted by atomic mass is 9.86. The number of carboxylic acid groups (broad SMARTS) is 2. The first-order valence-electron chi connectivity index (χ1n) is 24.5. The number of amides is 2. The second kappa shape index (κ2) is 28.1. The van der Waals surface area contributed by atoms with Crippen molar-refractivity contribution in [2.24, 2.45) is 5.92 Å². The van der Waals surface area contributed by atoms with Crippen molar-refractivity contribution in [1.82, 2.24) is 9.80 Å². The molecule has 0 aromatic heterocycles. The average molecular weight is 1010 g/mol. The van der Waals surface area contributed by atoms with Gasteiger partial charge in [0.05, 0.1) is 11.1 Å². The zero-order chi connectivity index (χ0) is 52.8.